The van der Waals surface area contributed by atoms with Gasteiger partial charge in [-0.2, -0.15) is 0 Å². The number of ether oxygens (including phenoxy) is 2. The second kappa shape index (κ2) is 15.7. The number of anilines is 4. The number of rotatable bonds is 10. The van der Waals surface area contributed by atoms with Gasteiger partial charge in [0, 0.05) is 70.7 Å². The Balaban J connectivity index is 0.000000263. The standard InChI is InChI=1S/C20H30N6.C10H11Cl2NO2/c1-16(2)26-10-8-25(9-11-26)14-17-6-5-7-18(12-17)23-19-13-20(24(3)4)22-15-21-19;1-4-13-10-8(11)6(14-2)5-7(15-3)9(10)12/h5-7,12-13,15-16H,8-11,14H2,1-4H3,(H,21,22,23);4-5,13H,1H2,2-3H3. The smallest absolute Gasteiger partial charge is 0.143 e. The Morgan fingerprint density at radius 3 is 2.22 bits per heavy atom. The van der Waals surface area contributed by atoms with Gasteiger partial charge in [0.25, 0.3) is 0 Å². The van der Waals surface area contributed by atoms with Gasteiger partial charge >= 0.3 is 0 Å². The van der Waals surface area contributed by atoms with Gasteiger partial charge in [-0.3, -0.25) is 9.80 Å². The molecule has 9 nitrogen and oxygen atoms in total. The summed E-state index contributed by atoms with van der Waals surface area (Å²) in [5.41, 5.74) is 2.91. The van der Waals surface area contributed by atoms with Crippen molar-refractivity contribution in [3.8, 4) is 11.5 Å². The SMILES string of the molecule is C=CNc1c(Cl)c(OC)cc(OC)c1Cl.CC(C)N1CCN(Cc2cccc(Nc3cc(N(C)C)ncn3)c2)CC1. The first kappa shape index (κ1) is 32.3. The molecule has 1 fully saturated rings. The third-order valence-corrected chi connectivity index (χ3v) is 7.42. The summed E-state index contributed by atoms with van der Waals surface area (Å²) in [5, 5.41) is 7.01. The minimum absolute atomic E-state index is 0.392. The third-order valence-electron chi connectivity index (χ3n) is 6.67. The Labute approximate surface area is 254 Å². The van der Waals surface area contributed by atoms with Crippen molar-refractivity contribution >= 4 is 46.2 Å². The van der Waals surface area contributed by atoms with E-state index in [1.165, 1.54) is 26.0 Å². The fraction of sp³-hybridized carbons (Fsp3) is 0.400. The lowest BCUT2D eigenvalue weighted by molar-refractivity contribution is 0.104. The van der Waals surface area contributed by atoms with Gasteiger partial charge in [0.2, 0.25) is 0 Å². The second-order valence-corrected chi connectivity index (χ2v) is 10.8. The summed E-state index contributed by atoms with van der Waals surface area (Å²) in [6.07, 6.45) is 3.07. The minimum Gasteiger partial charge on any atom is -0.495 e. The van der Waals surface area contributed by atoms with E-state index in [9.17, 15) is 0 Å². The highest BCUT2D eigenvalue weighted by atomic mass is 35.5. The Kier molecular flexibility index (Phi) is 12.3. The predicted octanol–water partition coefficient (Wildman–Crippen LogP) is 6.38. The number of nitrogens with zero attached hydrogens (tertiary/aromatic N) is 5. The Morgan fingerprint density at radius 2 is 1.66 bits per heavy atom. The van der Waals surface area contributed by atoms with Gasteiger partial charge in [-0.05, 0) is 37.7 Å². The highest BCUT2D eigenvalue weighted by Crippen LogP contribution is 2.44. The van der Waals surface area contributed by atoms with Crippen LogP contribution in [0.2, 0.25) is 10.0 Å². The molecular weight excluding hydrogens is 561 g/mol. The van der Waals surface area contributed by atoms with Gasteiger partial charge in [0.05, 0.1) is 19.9 Å². The zero-order chi connectivity index (χ0) is 29.9. The van der Waals surface area contributed by atoms with Gasteiger partial charge in [0.15, 0.2) is 0 Å². The van der Waals surface area contributed by atoms with Gasteiger partial charge in [0.1, 0.15) is 39.5 Å². The fourth-order valence-electron chi connectivity index (χ4n) is 4.37. The van der Waals surface area contributed by atoms with Crippen molar-refractivity contribution < 1.29 is 9.47 Å². The van der Waals surface area contributed by atoms with Crippen LogP contribution in [0.15, 0.2) is 55.5 Å². The van der Waals surface area contributed by atoms with Crippen LogP contribution in [0.5, 0.6) is 11.5 Å². The van der Waals surface area contributed by atoms with Gasteiger partial charge < -0.3 is 25.0 Å². The number of hydrogen-bond donors (Lipinski definition) is 2. The molecule has 1 aliphatic rings. The van der Waals surface area contributed by atoms with E-state index in [0.29, 0.717) is 33.3 Å². The normalized spacial score (nSPS) is 13.7. The molecular formula is C30H41Cl2N7O2. The van der Waals surface area contributed by atoms with Crippen LogP contribution in [-0.4, -0.2) is 80.3 Å². The molecule has 4 rings (SSSR count). The number of benzene rings is 2. The van der Waals surface area contributed by atoms with E-state index < -0.39 is 0 Å². The molecule has 41 heavy (non-hydrogen) atoms. The van der Waals surface area contributed by atoms with Crippen LogP contribution in [-0.2, 0) is 6.54 Å². The first-order valence-electron chi connectivity index (χ1n) is 13.5. The van der Waals surface area contributed by atoms with E-state index in [2.05, 4.69) is 75.1 Å². The molecule has 1 aliphatic heterocycles. The number of aromatic nitrogens is 2. The first-order chi connectivity index (χ1) is 19.7. The third kappa shape index (κ3) is 9.13. The Hall–Kier alpha value is -3.24. The van der Waals surface area contributed by atoms with Crippen molar-refractivity contribution in [2.24, 2.45) is 0 Å². The molecule has 222 valence electrons. The van der Waals surface area contributed by atoms with E-state index in [0.717, 1.165) is 50.0 Å². The topological polar surface area (TPSA) is 78.0 Å². The molecule has 2 heterocycles. The van der Waals surface area contributed by atoms with Crippen molar-refractivity contribution in [2.45, 2.75) is 26.4 Å². The van der Waals surface area contributed by atoms with Crippen LogP contribution in [0, 0.1) is 0 Å². The van der Waals surface area contributed by atoms with Crippen LogP contribution in [0.25, 0.3) is 0 Å². The zero-order valence-electron chi connectivity index (χ0n) is 24.7. The molecule has 0 amide bonds. The molecule has 1 aromatic heterocycles. The van der Waals surface area contributed by atoms with E-state index in [-0.39, 0.29) is 0 Å². The number of nitrogens with one attached hydrogen (secondary N) is 2. The lowest BCUT2D eigenvalue weighted by Gasteiger charge is -2.37. The number of hydrogen-bond acceptors (Lipinski definition) is 9. The van der Waals surface area contributed by atoms with Crippen molar-refractivity contribution in [2.75, 3.05) is 70.0 Å². The predicted molar refractivity (Wildman–Crippen MR) is 171 cm³/mol. The molecule has 0 radical (unpaired) electrons. The van der Waals surface area contributed by atoms with Crippen molar-refractivity contribution in [1.29, 1.82) is 0 Å². The van der Waals surface area contributed by atoms with Crippen LogP contribution in [0.1, 0.15) is 19.4 Å². The van der Waals surface area contributed by atoms with Crippen LogP contribution in [0.4, 0.5) is 23.0 Å². The molecule has 0 bridgehead atoms. The summed E-state index contributed by atoms with van der Waals surface area (Å²) < 4.78 is 10.2. The van der Waals surface area contributed by atoms with Crippen molar-refractivity contribution in [3.05, 3.63) is 71.1 Å². The lowest BCUT2D eigenvalue weighted by Crippen LogP contribution is -2.48. The van der Waals surface area contributed by atoms with Gasteiger partial charge in [-0.15, -0.1) is 0 Å². The molecule has 11 heteroatoms. The van der Waals surface area contributed by atoms with Gasteiger partial charge in [-0.25, -0.2) is 9.97 Å². The largest absolute Gasteiger partial charge is 0.495 e. The molecule has 0 saturated carbocycles. The van der Waals surface area contributed by atoms with Crippen LogP contribution in [0.3, 0.4) is 0 Å². The Morgan fingerprint density at radius 1 is 1.00 bits per heavy atom. The summed E-state index contributed by atoms with van der Waals surface area (Å²) in [7, 11) is 7.00. The minimum atomic E-state index is 0.392. The monoisotopic (exact) mass is 601 g/mol. The lowest BCUT2D eigenvalue weighted by atomic mass is 10.1. The molecule has 2 aromatic carbocycles. The summed E-state index contributed by atoms with van der Waals surface area (Å²) >= 11 is 12.1. The zero-order valence-corrected chi connectivity index (χ0v) is 26.3. The highest BCUT2D eigenvalue weighted by Gasteiger charge is 2.19. The number of halogens is 2. The molecule has 1 saturated heterocycles. The van der Waals surface area contributed by atoms with Crippen molar-refractivity contribution in [1.82, 2.24) is 19.8 Å². The maximum atomic E-state index is 6.05. The van der Waals surface area contributed by atoms with E-state index in [4.69, 9.17) is 32.7 Å². The summed E-state index contributed by atoms with van der Waals surface area (Å²) in [4.78, 5) is 15.6. The van der Waals surface area contributed by atoms with Crippen LogP contribution >= 0.6 is 23.2 Å². The Bertz CT molecular complexity index is 1250. The van der Waals surface area contributed by atoms with Gasteiger partial charge in [-0.1, -0.05) is 41.9 Å². The molecule has 0 unspecified atom stereocenters. The molecule has 2 N–H and O–H groups in total. The summed E-state index contributed by atoms with van der Waals surface area (Å²) in [6, 6.07) is 12.8. The maximum Gasteiger partial charge on any atom is 0.143 e. The quantitative estimate of drug-likeness (QED) is 0.275. The van der Waals surface area contributed by atoms with E-state index >= 15 is 0 Å². The number of methoxy groups -OCH3 is 2. The first-order valence-corrected chi connectivity index (χ1v) is 14.2. The summed E-state index contributed by atoms with van der Waals surface area (Å²) in [5.74, 6) is 2.68. The fourth-order valence-corrected chi connectivity index (χ4v) is 4.98. The average Bonchev–Trinajstić information content (AvgIpc) is 2.96. The molecule has 0 spiro atoms. The molecule has 3 aromatic rings. The van der Waals surface area contributed by atoms with E-state index in [1.807, 2.05) is 25.1 Å². The maximum absolute atomic E-state index is 6.05. The average molecular weight is 603 g/mol. The second-order valence-electron chi connectivity index (χ2n) is 10.0. The summed E-state index contributed by atoms with van der Waals surface area (Å²) in [6.45, 7) is 13.7. The molecule has 0 aliphatic carbocycles. The van der Waals surface area contributed by atoms with Crippen molar-refractivity contribution in [3.63, 3.8) is 0 Å². The number of piperazine rings is 1. The van der Waals surface area contributed by atoms with Crippen LogP contribution < -0.4 is 25.0 Å². The highest BCUT2D eigenvalue weighted by molar-refractivity contribution is 6.41. The van der Waals surface area contributed by atoms with E-state index in [1.54, 1.807) is 12.4 Å². The molecule has 0 atom stereocenters.